The molecule has 5 nitrogen and oxygen atoms in total. The molecule has 25 heavy (non-hydrogen) atoms. The number of ether oxygens (including phenoxy) is 1. The van der Waals surface area contributed by atoms with Crippen molar-refractivity contribution in [3.63, 3.8) is 0 Å². The molecular weight excluding hydrogens is 336 g/mol. The number of benzene rings is 1. The summed E-state index contributed by atoms with van der Waals surface area (Å²) >= 11 is 6.27. The minimum Gasteiger partial charge on any atom is -0.492 e. The largest absolute Gasteiger partial charge is 0.492 e. The van der Waals surface area contributed by atoms with Crippen molar-refractivity contribution < 1.29 is 4.74 Å². The lowest BCUT2D eigenvalue weighted by molar-refractivity contribution is 0.340. The summed E-state index contributed by atoms with van der Waals surface area (Å²) < 4.78 is 5.48. The molecule has 2 heterocycles. The first-order valence-corrected chi connectivity index (χ1v) is 9.25. The van der Waals surface area contributed by atoms with Crippen molar-refractivity contribution in [1.82, 2.24) is 9.97 Å². The standard InChI is InChI=1S/C19H23ClN4O/c1-3-25-17-5-4-13(6-16(17)20)9-21-18-12(2)8-22-19(23-18)24-10-14-7-15(14)11-24/h4-6,8,14-15H,3,7,9-11H2,1-2H3,(H,21,22,23). The summed E-state index contributed by atoms with van der Waals surface area (Å²) in [7, 11) is 0. The van der Waals surface area contributed by atoms with Gasteiger partial charge in [0, 0.05) is 31.4 Å². The van der Waals surface area contributed by atoms with Crippen LogP contribution in [0.4, 0.5) is 11.8 Å². The Hall–Kier alpha value is -2.01. The zero-order valence-corrected chi connectivity index (χ0v) is 15.4. The number of halogens is 1. The van der Waals surface area contributed by atoms with Crippen LogP contribution in [0.5, 0.6) is 5.75 Å². The molecule has 0 bridgehead atoms. The molecule has 4 rings (SSSR count). The molecule has 1 N–H and O–H groups in total. The lowest BCUT2D eigenvalue weighted by atomic mass is 10.2. The Kier molecular flexibility index (Phi) is 4.42. The second-order valence-electron chi connectivity index (χ2n) is 6.91. The third-order valence-corrected chi connectivity index (χ3v) is 5.27. The number of fused-ring (bicyclic) bond motifs is 1. The van der Waals surface area contributed by atoms with Gasteiger partial charge in [-0.05, 0) is 49.8 Å². The molecule has 2 aromatic rings. The number of aromatic nitrogens is 2. The third-order valence-electron chi connectivity index (χ3n) is 4.98. The molecule has 1 aromatic carbocycles. The highest BCUT2D eigenvalue weighted by Gasteiger charge is 2.45. The molecular formula is C19H23ClN4O. The summed E-state index contributed by atoms with van der Waals surface area (Å²) in [5, 5.41) is 4.05. The number of nitrogens with one attached hydrogen (secondary N) is 1. The molecule has 2 unspecified atom stereocenters. The van der Waals surface area contributed by atoms with E-state index >= 15 is 0 Å². The topological polar surface area (TPSA) is 50.3 Å². The fourth-order valence-electron chi connectivity index (χ4n) is 3.44. The summed E-state index contributed by atoms with van der Waals surface area (Å²) in [6.07, 6.45) is 3.28. The first-order valence-electron chi connectivity index (χ1n) is 8.87. The number of hydrogen-bond donors (Lipinski definition) is 1. The zero-order valence-electron chi connectivity index (χ0n) is 14.6. The van der Waals surface area contributed by atoms with E-state index in [0.717, 1.165) is 53.6 Å². The number of anilines is 2. The summed E-state index contributed by atoms with van der Waals surface area (Å²) in [4.78, 5) is 11.6. The van der Waals surface area contributed by atoms with E-state index in [-0.39, 0.29) is 0 Å². The van der Waals surface area contributed by atoms with Crippen LogP contribution in [0.3, 0.4) is 0 Å². The van der Waals surface area contributed by atoms with Crippen LogP contribution in [-0.4, -0.2) is 29.7 Å². The van der Waals surface area contributed by atoms with Crippen LogP contribution in [0.25, 0.3) is 0 Å². The molecule has 0 radical (unpaired) electrons. The van der Waals surface area contributed by atoms with E-state index in [1.54, 1.807) is 0 Å². The molecule has 1 aliphatic carbocycles. The molecule has 2 fully saturated rings. The molecule has 1 aromatic heterocycles. The average Bonchev–Trinajstić information content (AvgIpc) is 3.22. The summed E-state index contributed by atoms with van der Waals surface area (Å²) in [5.74, 6) is 4.18. The highest BCUT2D eigenvalue weighted by atomic mass is 35.5. The Morgan fingerprint density at radius 3 is 2.84 bits per heavy atom. The normalized spacial score (nSPS) is 21.2. The van der Waals surface area contributed by atoms with E-state index in [0.29, 0.717) is 18.2 Å². The monoisotopic (exact) mass is 358 g/mol. The highest BCUT2D eigenvalue weighted by molar-refractivity contribution is 6.32. The first-order chi connectivity index (χ1) is 12.1. The average molecular weight is 359 g/mol. The molecule has 2 aliphatic rings. The smallest absolute Gasteiger partial charge is 0.227 e. The predicted octanol–water partition coefficient (Wildman–Crippen LogP) is 3.91. The van der Waals surface area contributed by atoms with Gasteiger partial charge in [0.15, 0.2) is 0 Å². The van der Waals surface area contributed by atoms with Crippen molar-refractivity contribution in [3.05, 3.63) is 40.5 Å². The fourth-order valence-corrected chi connectivity index (χ4v) is 3.70. The Labute approximate surface area is 153 Å². The van der Waals surface area contributed by atoms with Gasteiger partial charge in [0.25, 0.3) is 0 Å². The molecule has 0 spiro atoms. The van der Waals surface area contributed by atoms with Gasteiger partial charge in [-0.1, -0.05) is 17.7 Å². The molecule has 1 aliphatic heterocycles. The van der Waals surface area contributed by atoms with Gasteiger partial charge in [-0.15, -0.1) is 0 Å². The lowest BCUT2D eigenvalue weighted by Crippen LogP contribution is -2.24. The number of rotatable bonds is 6. The summed E-state index contributed by atoms with van der Waals surface area (Å²) in [6.45, 7) is 7.44. The van der Waals surface area contributed by atoms with Crippen LogP contribution in [0.1, 0.15) is 24.5 Å². The Bertz CT molecular complexity index is 772. The Morgan fingerprint density at radius 2 is 2.12 bits per heavy atom. The summed E-state index contributed by atoms with van der Waals surface area (Å²) in [6, 6.07) is 5.87. The number of piperidine rings is 1. The van der Waals surface area contributed by atoms with Crippen LogP contribution in [-0.2, 0) is 6.54 Å². The minimum absolute atomic E-state index is 0.610. The molecule has 0 amide bonds. The number of aryl methyl sites for hydroxylation is 1. The lowest BCUT2D eigenvalue weighted by Gasteiger charge is -2.19. The van der Waals surface area contributed by atoms with Crippen molar-refractivity contribution in [1.29, 1.82) is 0 Å². The zero-order chi connectivity index (χ0) is 17.4. The van der Waals surface area contributed by atoms with Gasteiger partial charge in [-0.2, -0.15) is 4.98 Å². The fraction of sp³-hybridized carbons (Fsp3) is 0.474. The van der Waals surface area contributed by atoms with Gasteiger partial charge >= 0.3 is 0 Å². The van der Waals surface area contributed by atoms with Crippen LogP contribution < -0.4 is 15.0 Å². The van der Waals surface area contributed by atoms with Crippen molar-refractivity contribution in [2.24, 2.45) is 11.8 Å². The van der Waals surface area contributed by atoms with Crippen molar-refractivity contribution in [3.8, 4) is 5.75 Å². The predicted molar refractivity (Wildman–Crippen MR) is 101 cm³/mol. The van der Waals surface area contributed by atoms with Gasteiger partial charge in [0.05, 0.1) is 11.6 Å². The van der Waals surface area contributed by atoms with Crippen LogP contribution in [0.2, 0.25) is 5.02 Å². The van der Waals surface area contributed by atoms with E-state index in [1.807, 2.05) is 38.2 Å². The molecule has 2 atom stereocenters. The van der Waals surface area contributed by atoms with Gasteiger partial charge < -0.3 is 15.0 Å². The van der Waals surface area contributed by atoms with Gasteiger partial charge in [0.2, 0.25) is 5.95 Å². The third kappa shape index (κ3) is 3.52. The maximum absolute atomic E-state index is 6.27. The Balaban J connectivity index is 1.44. The molecule has 132 valence electrons. The summed E-state index contributed by atoms with van der Waals surface area (Å²) in [5.41, 5.74) is 2.14. The maximum Gasteiger partial charge on any atom is 0.227 e. The van der Waals surface area contributed by atoms with Crippen molar-refractivity contribution >= 4 is 23.4 Å². The van der Waals surface area contributed by atoms with Gasteiger partial charge in [-0.25, -0.2) is 4.98 Å². The number of hydrogen-bond acceptors (Lipinski definition) is 5. The second kappa shape index (κ2) is 6.71. The SMILES string of the molecule is CCOc1ccc(CNc2nc(N3CC4CC4C3)ncc2C)cc1Cl. The maximum atomic E-state index is 6.27. The first kappa shape index (κ1) is 16.5. The van der Waals surface area contributed by atoms with Gasteiger partial charge in [0.1, 0.15) is 11.6 Å². The van der Waals surface area contributed by atoms with E-state index in [2.05, 4.69) is 15.2 Å². The highest BCUT2D eigenvalue weighted by Crippen LogP contribution is 2.45. The van der Waals surface area contributed by atoms with Crippen molar-refractivity contribution in [2.45, 2.75) is 26.8 Å². The molecule has 6 heteroatoms. The second-order valence-corrected chi connectivity index (χ2v) is 7.32. The Morgan fingerprint density at radius 1 is 1.32 bits per heavy atom. The van der Waals surface area contributed by atoms with E-state index in [4.69, 9.17) is 21.3 Å². The van der Waals surface area contributed by atoms with Crippen LogP contribution >= 0.6 is 11.6 Å². The van der Waals surface area contributed by atoms with E-state index < -0.39 is 0 Å². The van der Waals surface area contributed by atoms with Crippen LogP contribution in [0.15, 0.2) is 24.4 Å². The van der Waals surface area contributed by atoms with Crippen LogP contribution in [0, 0.1) is 18.8 Å². The van der Waals surface area contributed by atoms with E-state index in [9.17, 15) is 0 Å². The minimum atomic E-state index is 0.610. The molecule has 1 saturated heterocycles. The molecule has 1 saturated carbocycles. The number of nitrogens with zero attached hydrogens (tertiary/aromatic N) is 3. The quantitative estimate of drug-likeness (QED) is 0.848. The van der Waals surface area contributed by atoms with E-state index in [1.165, 1.54) is 6.42 Å². The van der Waals surface area contributed by atoms with Gasteiger partial charge in [-0.3, -0.25) is 0 Å². The van der Waals surface area contributed by atoms with Crippen molar-refractivity contribution in [2.75, 3.05) is 29.9 Å².